The van der Waals surface area contributed by atoms with Crippen LogP contribution in [0.3, 0.4) is 0 Å². The van der Waals surface area contributed by atoms with Crippen LogP contribution < -0.4 is 0 Å². The summed E-state index contributed by atoms with van der Waals surface area (Å²) in [6.45, 7) is 2.10. The van der Waals surface area contributed by atoms with Gasteiger partial charge in [0.1, 0.15) is 0 Å². The first-order valence-electron chi connectivity index (χ1n) is 4.26. The van der Waals surface area contributed by atoms with Crippen LogP contribution in [0.25, 0.3) is 0 Å². The Bertz CT molecular complexity index is 288. The van der Waals surface area contributed by atoms with Gasteiger partial charge in [-0.1, -0.05) is 55.2 Å². The molecule has 68 valence electrons. The molecule has 0 unspecified atom stereocenters. The van der Waals surface area contributed by atoms with E-state index in [0.717, 1.165) is 10.6 Å². The van der Waals surface area contributed by atoms with Crippen LogP contribution in [0.2, 0.25) is 0 Å². The fourth-order valence-electron chi connectivity index (χ4n) is 0.853. The summed E-state index contributed by atoms with van der Waals surface area (Å²) >= 11 is 6.81. The van der Waals surface area contributed by atoms with E-state index in [-0.39, 0.29) is 0 Å². The third-order valence-electron chi connectivity index (χ3n) is 1.45. The van der Waals surface area contributed by atoms with E-state index in [9.17, 15) is 0 Å². The van der Waals surface area contributed by atoms with Gasteiger partial charge in [-0.25, -0.2) is 0 Å². The maximum absolute atomic E-state index is 5.18. The lowest BCUT2D eigenvalue weighted by atomic mass is 10.4. The molecule has 0 bridgehead atoms. The predicted octanol–water partition coefficient (Wildman–Crippen LogP) is 4.07. The van der Waals surface area contributed by atoms with Gasteiger partial charge in [-0.2, -0.15) is 0 Å². The van der Waals surface area contributed by atoms with Gasteiger partial charge in [0.05, 0.1) is 4.20 Å². The van der Waals surface area contributed by atoms with E-state index in [0.29, 0.717) is 0 Å². The highest BCUT2D eigenvalue weighted by Gasteiger charge is 1.94. The van der Waals surface area contributed by atoms with Crippen LogP contribution in [0.1, 0.15) is 13.3 Å². The monoisotopic (exact) mass is 208 g/mol. The summed E-state index contributed by atoms with van der Waals surface area (Å²) in [4.78, 5) is 1.20. The van der Waals surface area contributed by atoms with E-state index in [1.165, 1.54) is 4.90 Å². The lowest BCUT2D eigenvalue weighted by Crippen LogP contribution is -1.80. The number of thioether (sulfide) groups is 1. The summed E-state index contributed by atoms with van der Waals surface area (Å²) in [6.07, 6.45) is 5.11. The number of thiocarbonyl (C=S) groups is 1. The largest absolute Gasteiger partial charge is 0.0828 e. The maximum Gasteiger partial charge on any atom is 0.0750 e. The molecule has 0 nitrogen and oxygen atoms in total. The van der Waals surface area contributed by atoms with E-state index >= 15 is 0 Å². The Balaban J connectivity index is 2.50. The molecule has 0 radical (unpaired) electrons. The molecule has 0 amide bonds. The molecule has 1 rings (SSSR count). The van der Waals surface area contributed by atoms with Gasteiger partial charge in [-0.05, 0) is 24.6 Å². The summed E-state index contributed by atoms with van der Waals surface area (Å²) in [5.74, 6) is 0. The van der Waals surface area contributed by atoms with Crippen molar-refractivity contribution in [3.63, 3.8) is 0 Å². The minimum atomic E-state index is 0.924. The summed E-state index contributed by atoms with van der Waals surface area (Å²) in [7, 11) is 0. The van der Waals surface area contributed by atoms with Gasteiger partial charge in [0.25, 0.3) is 0 Å². The lowest BCUT2D eigenvalue weighted by Gasteiger charge is -1.97. The normalized spacial score (nSPS) is 10.5. The highest BCUT2D eigenvalue weighted by molar-refractivity contribution is 8.23. The molecule has 1 aromatic carbocycles. The Morgan fingerprint density at radius 2 is 2.08 bits per heavy atom. The van der Waals surface area contributed by atoms with Crippen LogP contribution in [0.4, 0.5) is 0 Å². The Hall–Kier alpha value is -0.600. The number of hydrogen-bond donors (Lipinski definition) is 0. The maximum atomic E-state index is 5.18. The van der Waals surface area contributed by atoms with Crippen molar-refractivity contribution < 1.29 is 0 Å². The average Bonchev–Trinajstić information content (AvgIpc) is 2.16. The molecule has 0 saturated heterocycles. The predicted molar refractivity (Wildman–Crippen MR) is 64.3 cm³/mol. The summed E-state index contributed by atoms with van der Waals surface area (Å²) in [5, 5.41) is 0. The summed E-state index contributed by atoms with van der Waals surface area (Å²) < 4.78 is 0.924. The van der Waals surface area contributed by atoms with Crippen LogP contribution in [0, 0.1) is 0 Å². The first-order valence-corrected chi connectivity index (χ1v) is 5.49. The fourth-order valence-corrected chi connectivity index (χ4v) is 1.93. The molecule has 0 heterocycles. The van der Waals surface area contributed by atoms with Gasteiger partial charge >= 0.3 is 0 Å². The van der Waals surface area contributed by atoms with Crippen molar-refractivity contribution in [1.82, 2.24) is 0 Å². The molecule has 0 atom stereocenters. The zero-order valence-electron chi connectivity index (χ0n) is 7.57. The van der Waals surface area contributed by atoms with E-state index in [2.05, 4.69) is 25.1 Å². The van der Waals surface area contributed by atoms with Gasteiger partial charge < -0.3 is 0 Å². The third-order valence-corrected chi connectivity index (χ3v) is 2.68. The van der Waals surface area contributed by atoms with Gasteiger partial charge in [0.2, 0.25) is 0 Å². The van der Waals surface area contributed by atoms with Gasteiger partial charge in [0, 0.05) is 4.90 Å². The molecular weight excluding hydrogens is 196 g/mol. The Kier molecular flexibility index (Phi) is 4.79. The minimum absolute atomic E-state index is 0.924. The number of allylic oxidation sites excluding steroid dienone is 1. The number of benzene rings is 1. The summed E-state index contributed by atoms with van der Waals surface area (Å²) in [5.41, 5.74) is 0. The fraction of sp³-hybridized carbons (Fsp3) is 0.182. The molecule has 0 aliphatic heterocycles. The Labute approximate surface area is 89.0 Å². The zero-order valence-corrected chi connectivity index (χ0v) is 9.20. The highest BCUT2D eigenvalue weighted by Crippen LogP contribution is 2.19. The quantitative estimate of drug-likeness (QED) is 0.417. The van der Waals surface area contributed by atoms with Crippen molar-refractivity contribution in [1.29, 1.82) is 0 Å². The molecule has 0 aliphatic carbocycles. The van der Waals surface area contributed by atoms with E-state index in [1.807, 2.05) is 24.3 Å². The molecule has 13 heavy (non-hydrogen) atoms. The second-order valence-corrected chi connectivity index (χ2v) is 4.36. The molecule has 0 N–H and O–H groups in total. The van der Waals surface area contributed by atoms with Crippen molar-refractivity contribution in [2.75, 3.05) is 0 Å². The first kappa shape index (κ1) is 10.5. The molecule has 0 aromatic heterocycles. The van der Waals surface area contributed by atoms with Gasteiger partial charge in [-0.3, -0.25) is 0 Å². The Morgan fingerprint density at radius 3 is 2.69 bits per heavy atom. The van der Waals surface area contributed by atoms with Crippen LogP contribution in [0.15, 0.2) is 47.4 Å². The van der Waals surface area contributed by atoms with Crippen molar-refractivity contribution >= 4 is 28.2 Å². The molecule has 2 heteroatoms. The first-order chi connectivity index (χ1) is 6.33. The summed E-state index contributed by atoms with van der Waals surface area (Å²) in [6, 6.07) is 10.2. The van der Waals surface area contributed by atoms with Gasteiger partial charge in [0.15, 0.2) is 0 Å². The van der Waals surface area contributed by atoms with Crippen molar-refractivity contribution in [2.24, 2.45) is 0 Å². The minimum Gasteiger partial charge on any atom is -0.0828 e. The molecule has 0 aliphatic rings. The Morgan fingerprint density at radius 1 is 1.38 bits per heavy atom. The smallest absolute Gasteiger partial charge is 0.0750 e. The SMILES string of the molecule is CC/C=C/C(=S)Sc1ccccc1. The average molecular weight is 208 g/mol. The second-order valence-electron chi connectivity index (χ2n) is 2.54. The molecule has 0 spiro atoms. The highest BCUT2D eigenvalue weighted by atomic mass is 32.2. The zero-order chi connectivity index (χ0) is 9.52. The molecule has 0 fully saturated rings. The van der Waals surface area contributed by atoms with Crippen molar-refractivity contribution in [2.45, 2.75) is 18.2 Å². The van der Waals surface area contributed by atoms with E-state index in [1.54, 1.807) is 11.8 Å². The van der Waals surface area contributed by atoms with Crippen LogP contribution >= 0.6 is 24.0 Å². The topological polar surface area (TPSA) is 0 Å². The number of hydrogen-bond acceptors (Lipinski definition) is 2. The number of rotatable bonds is 3. The van der Waals surface area contributed by atoms with Crippen molar-refractivity contribution in [3.8, 4) is 0 Å². The standard InChI is InChI=1S/C11H12S2/c1-2-3-9-11(12)13-10-7-5-4-6-8-10/h3-9H,2H2,1H3/b9-3+. The van der Waals surface area contributed by atoms with Gasteiger partial charge in [-0.15, -0.1) is 0 Å². The van der Waals surface area contributed by atoms with Crippen LogP contribution in [-0.4, -0.2) is 4.20 Å². The molecular formula is C11H12S2. The van der Waals surface area contributed by atoms with Crippen LogP contribution in [-0.2, 0) is 0 Å². The molecule has 1 aromatic rings. The van der Waals surface area contributed by atoms with E-state index in [4.69, 9.17) is 12.2 Å². The van der Waals surface area contributed by atoms with E-state index < -0.39 is 0 Å². The molecule has 0 saturated carbocycles. The third kappa shape index (κ3) is 4.25. The lowest BCUT2D eigenvalue weighted by molar-refractivity contribution is 1.23. The van der Waals surface area contributed by atoms with Crippen LogP contribution in [0.5, 0.6) is 0 Å². The second kappa shape index (κ2) is 5.95. The van der Waals surface area contributed by atoms with Crippen molar-refractivity contribution in [3.05, 3.63) is 42.5 Å².